The monoisotopic (exact) mass is 552 g/mol. The maximum atomic E-state index is 12.6. The number of carbonyl (C=O) groups is 6. The number of thioether (sulfide) groups is 1. The number of nitrogens with two attached hydrogens (primary N) is 1. The second kappa shape index (κ2) is 15.8. The Balaban J connectivity index is 0.0000102. The van der Waals surface area contributed by atoms with Gasteiger partial charge in [-0.2, -0.15) is 0 Å². The fourth-order valence-electron chi connectivity index (χ4n) is 2.96. The van der Waals surface area contributed by atoms with Crippen LogP contribution in [0.1, 0.15) is 46.0 Å². The summed E-state index contributed by atoms with van der Waals surface area (Å²) in [7, 11) is 1.21. The highest BCUT2D eigenvalue weighted by Gasteiger charge is 2.38. The first-order valence-corrected chi connectivity index (χ1v) is 11.5. The molecular weight excluding hydrogens is 522 g/mol. The van der Waals surface area contributed by atoms with Crippen LogP contribution in [0, 0.1) is 0 Å². The Morgan fingerprint density at radius 1 is 1.18 bits per heavy atom. The third-order valence-corrected chi connectivity index (χ3v) is 6.08. The van der Waals surface area contributed by atoms with Crippen molar-refractivity contribution in [2.75, 3.05) is 26.0 Å². The van der Waals surface area contributed by atoms with Crippen LogP contribution >= 0.6 is 11.8 Å². The summed E-state index contributed by atoms with van der Waals surface area (Å²) < 4.78 is 9.32. The summed E-state index contributed by atoms with van der Waals surface area (Å²) in [5.74, 6) is -2.65. The van der Waals surface area contributed by atoms with Crippen molar-refractivity contribution in [1.82, 2.24) is 10.2 Å². The number of halogens is 1. The number of ketones is 1. The second-order valence-electron chi connectivity index (χ2n) is 7.06. The van der Waals surface area contributed by atoms with Gasteiger partial charge >= 0.3 is 11.9 Å². The summed E-state index contributed by atoms with van der Waals surface area (Å²) in [6.07, 6.45) is -0.357. The first-order valence-electron chi connectivity index (χ1n) is 10.4. The molecule has 13 heteroatoms. The molecule has 0 aliphatic carbocycles. The van der Waals surface area contributed by atoms with Crippen LogP contribution in [0.3, 0.4) is 0 Å². The molecule has 0 spiro atoms. The molecule has 1 fully saturated rings. The Labute approximate surface area is 207 Å². The SMILES string of the molecule is CCOC(=O)[C@@H](N)CCC(=O)N[C@@H](CSC1CC(=O)N(CC)C1=O)C(=O)CCC(=O)OC.[Br-]. The van der Waals surface area contributed by atoms with Gasteiger partial charge in [0.15, 0.2) is 5.78 Å². The third-order valence-electron chi connectivity index (χ3n) is 4.78. The van der Waals surface area contributed by atoms with Crippen molar-refractivity contribution in [2.24, 2.45) is 5.73 Å². The van der Waals surface area contributed by atoms with Crippen molar-refractivity contribution in [3.63, 3.8) is 0 Å². The van der Waals surface area contributed by atoms with Gasteiger partial charge in [-0.15, -0.1) is 11.8 Å². The Morgan fingerprint density at radius 2 is 1.85 bits per heavy atom. The number of hydrogen-bond acceptors (Lipinski definition) is 10. The van der Waals surface area contributed by atoms with E-state index in [9.17, 15) is 28.8 Å². The Morgan fingerprint density at radius 3 is 2.39 bits per heavy atom. The minimum atomic E-state index is -0.977. The number of likely N-dealkylation sites (tertiary alicyclic amines) is 1. The van der Waals surface area contributed by atoms with Crippen LogP contribution in [0.15, 0.2) is 0 Å². The van der Waals surface area contributed by atoms with E-state index in [4.69, 9.17) is 10.5 Å². The van der Waals surface area contributed by atoms with Crippen LogP contribution in [-0.4, -0.2) is 83.7 Å². The van der Waals surface area contributed by atoms with Gasteiger partial charge in [0, 0.05) is 31.6 Å². The summed E-state index contributed by atoms with van der Waals surface area (Å²) in [4.78, 5) is 73.2. The zero-order chi connectivity index (χ0) is 24.3. The lowest BCUT2D eigenvalue weighted by Crippen LogP contribution is -3.00. The fourth-order valence-corrected chi connectivity index (χ4v) is 4.19. The van der Waals surface area contributed by atoms with E-state index in [2.05, 4.69) is 10.1 Å². The number of rotatable bonds is 14. The Kier molecular flexibility index (Phi) is 14.8. The number of ether oxygens (including phenoxy) is 2. The first-order chi connectivity index (χ1) is 15.1. The second-order valence-corrected chi connectivity index (χ2v) is 8.30. The average Bonchev–Trinajstić information content (AvgIpc) is 3.04. The van der Waals surface area contributed by atoms with Crippen molar-refractivity contribution in [2.45, 2.75) is 63.3 Å². The topological polar surface area (TPSA) is 162 Å². The summed E-state index contributed by atoms with van der Waals surface area (Å²) in [5, 5.41) is 1.95. The number of esters is 2. The first kappa shape index (κ1) is 31.0. The Bertz CT molecular complexity index is 736. The molecular formula is C20H31BrN3O8S-. The summed E-state index contributed by atoms with van der Waals surface area (Å²) in [6.45, 7) is 3.78. The molecule has 3 amide bonds. The highest BCUT2D eigenvalue weighted by Crippen LogP contribution is 2.26. The molecule has 0 aromatic heterocycles. The quantitative estimate of drug-likeness (QED) is 0.163. The van der Waals surface area contributed by atoms with Crippen LogP contribution in [-0.2, 0) is 38.2 Å². The fraction of sp³-hybridized carbons (Fsp3) is 0.700. The van der Waals surface area contributed by atoms with Crippen LogP contribution in [0.25, 0.3) is 0 Å². The molecule has 1 aliphatic heterocycles. The van der Waals surface area contributed by atoms with Gasteiger partial charge in [-0.1, -0.05) is 0 Å². The molecule has 3 N–H and O–H groups in total. The number of nitrogens with zero attached hydrogens (tertiary/aromatic N) is 1. The predicted molar refractivity (Wildman–Crippen MR) is 115 cm³/mol. The smallest absolute Gasteiger partial charge is 0.322 e. The third kappa shape index (κ3) is 10.2. The minimum Gasteiger partial charge on any atom is -1.00 e. The number of carbonyl (C=O) groups excluding carboxylic acids is 6. The van der Waals surface area contributed by atoms with Crippen molar-refractivity contribution >= 4 is 47.2 Å². The molecule has 0 saturated carbocycles. The highest BCUT2D eigenvalue weighted by molar-refractivity contribution is 8.00. The average molecular weight is 553 g/mol. The van der Waals surface area contributed by atoms with E-state index in [1.54, 1.807) is 13.8 Å². The molecule has 0 aromatic carbocycles. The number of nitrogens with one attached hydrogen (secondary N) is 1. The van der Waals surface area contributed by atoms with Crippen LogP contribution in [0.5, 0.6) is 0 Å². The molecule has 1 heterocycles. The number of imide groups is 1. The summed E-state index contributed by atoms with van der Waals surface area (Å²) >= 11 is 1.11. The molecule has 188 valence electrons. The number of Topliss-reactive ketones (excluding diaryl/α,β-unsaturated/α-hetero) is 1. The Hall–Kier alpha value is -1.99. The largest absolute Gasteiger partial charge is 1.00 e. The lowest BCUT2D eigenvalue weighted by Gasteiger charge is -2.19. The summed E-state index contributed by atoms with van der Waals surface area (Å²) in [6, 6.07) is -1.94. The molecule has 33 heavy (non-hydrogen) atoms. The van der Waals surface area contributed by atoms with E-state index in [1.807, 2.05) is 0 Å². The molecule has 1 unspecified atom stereocenters. The molecule has 0 aromatic rings. The zero-order valence-corrected chi connectivity index (χ0v) is 21.4. The van der Waals surface area contributed by atoms with E-state index in [0.29, 0.717) is 0 Å². The number of amides is 3. The molecule has 1 aliphatic rings. The zero-order valence-electron chi connectivity index (χ0n) is 19.0. The minimum absolute atomic E-state index is 0. The molecule has 1 rings (SSSR count). The van der Waals surface area contributed by atoms with Gasteiger partial charge in [-0.25, -0.2) is 0 Å². The molecule has 0 bridgehead atoms. The van der Waals surface area contributed by atoms with Gasteiger partial charge in [-0.3, -0.25) is 33.7 Å². The van der Waals surface area contributed by atoms with E-state index < -0.39 is 41.0 Å². The van der Waals surface area contributed by atoms with E-state index in [1.165, 1.54) is 7.11 Å². The van der Waals surface area contributed by atoms with Crippen LogP contribution < -0.4 is 28.0 Å². The van der Waals surface area contributed by atoms with Gasteiger partial charge in [0.2, 0.25) is 17.7 Å². The van der Waals surface area contributed by atoms with Gasteiger partial charge in [0.1, 0.15) is 6.04 Å². The number of hydrogen-bond donors (Lipinski definition) is 2. The molecule has 0 radical (unpaired) electrons. The van der Waals surface area contributed by atoms with Gasteiger partial charge in [0.25, 0.3) is 0 Å². The lowest BCUT2D eigenvalue weighted by atomic mass is 10.1. The van der Waals surface area contributed by atoms with Gasteiger partial charge in [0.05, 0.1) is 31.4 Å². The normalized spacial score (nSPS) is 17.1. The van der Waals surface area contributed by atoms with Crippen molar-refractivity contribution < 1.29 is 55.2 Å². The molecule has 11 nitrogen and oxygen atoms in total. The van der Waals surface area contributed by atoms with E-state index >= 15 is 0 Å². The van der Waals surface area contributed by atoms with Crippen molar-refractivity contribution in [3.8, 4) is 0 Å². The van der Waals surface area contributed by atoms with E-state index in [0.717, 1.165) is 16.7 Å². The maximum absolute atomic E-state index is 12.6. The van der Waals surface area contributed by atoms with E-state index in [-0.39, 0.29) is 79.8 Å². The van der Waals surface area contributed by atoms with Crippen LogP contribution in [0.2, 0.25) is 0 Å². The highest BCUT2D eigenvalue weighted by atomic mass is 79.9. The van der Waals surface area contributed by atoms with Crippen molar-refractivity contribution in [1.29, 1.82) is 0 Å². The van der Waals surface area contributed by atoms with Crippen LogP contribution in [0.4, 0.5) is 0 Å². The number of methoxy groups -OCH3 is 1. The predicted octanol–water partition coefficient (Wildman–Crippen LogP) is -3.45. The lowest BCUT2D eigenvalue weighted by molar-refractivity contribution is -0.145. The molecule has 1 saturated heterocycles. The van der Waals surface area contributed by atoms with Gasteiger partial charge < -0.3 is 37.5 Å². The van der Waals surface area contributed by atoms with Crippen molar-refractivity contribution in [3.05, 3.63) is 0 Å². The van der Waals surface area contributed by atoms with Gasteiger partial charge in [-0.05, 0) is 20.3 Å². The summed E-state index contributed by atoms with van der Waals surface area (Å²) in [5.41, 5.74) is 5.68. The molecule has 3 atom stereocenters. The standard InChI is InChI=1S/C20H31N3O8S.BrH/c1-4-23-17(26)10-15(19(23)28)32-11-13(14(24)7-9-18(27)30-3)22-16(25)8-6-12(21)20(29)31-5-2;/h12-13,15H,4-11,21H2,1-3H3,(H,22,25);1H/p-1/t12-,13-,15?;/m0./s1. The maximum Gasteiger partial charge on any atom is 0.322 e.